The average Bonchev–Trinajstić information content (AvgIpc) is 3.31. The van der Waals surface area contributed by atoms with Gasteiger partial charge in [-0.15, -0.1) is 0 Å². The SMILES string of the molecule is COCCNS(=O)(=O)c1ccc(C(=O)NCc2ccc(OCC3CCCO3)cc2)cc1. The summed E-state index contributed by atoms with van der Waals surface area (Å²) in [5.74, 6) is 0.483. The minimum absolute atomic E-state index is 0.0961. The van der Waals surface area contributed by atoms with Crippen molar-refractivity contribution in [2.45, 2.75) is 30.4 Å². The Balaban J connectivity index is 1.47. The second-order valence-corrected chi connectivity index (χ2v) is 8.95. The van der Waals surface area contributed by atoms with Crippen LogP contribution in [0.15, 0.2) is 53.4 Å². The molecule has 1 unspecified atom stereocenters. The van der Waals surface area contributed by atoms with Gasteiger partial charge in [-0.1, -0.05) is 12.1 Å². The van der Waals surface area contributed by atoms with Crippen molar-refractivity contribution in [3.63, 3.8) is 0 Å². The Morgan fingerprint density at radius 3 is 2.52 bits per heavy atom. The zero-order chi connectivity index (χ0) is 22.1. The molecule has 0 aliphatic carbocycles. The summed E-state index contributed by atoms with van der Waals surface area (Å²) in [6.07, 6.45) is 2.28. The zero-order valence-electron chi connectivity index (χ0n) is 17.5. The molecule has 3 rings (SSSR count). The Morgan fingerprint density at radius 2 is 1.87 bits per heavy atom. The molecule has 0 spiro atoms. The Morgan fingerprint density at radius 1 is 1.13 bits per heavy atom. The fourth-order valence-corrected chi connectivity index (χ4v) is 4.11. The molecule has 1 aliphatic heterocycles. The van der Waals surface area contributed by atoms with Gasteiger partial charge in [0.2, 0.25) is 10.0 Å². The molecule has 31 heavy (non-hydrogen) atoms. The molecule has 0 saturated carbocycles. The summed E-state index contributed by atoms with van der Waals surface area (Å²) >= 11 is 0. The molecule has 8 nitrogen and oxygen atoms in total. The van der Waals surface area contributed by atoms with Crippen molar-refractivity contribution in [3.05, 3.63) is 59.7 Å². The lowest BCUT2D eigenvalue weighted by atomic mass is 10.2. The highest BCUT2D eigenvalue weighted by atomic mass is 32.2. The van der Waals surface area contributed by atoms with E-state index in [1.165, 1.54) is 31.4 Å². The lowest BCUT2D eigenvalue weighted by Gasteiger charge is -2.12. The highest BCUT2D eigenvalue weighted by molar-refractivity contribution is 7.89. The fourth-order valence-electron chi connectivity index (χ4n) is 3.10. The number of rotatable bonds is 11. The van der Waals surface area contributed by atoms with Crippen LogP contribution in [0.1, 0.15) is 28.8 Å². The summed E-state index contributed by atoms with van der Waals surface area (Å²) in [5, 5.41) is 2.83. The predicted molar refractivity (Wildman–Crippen MR) is 116 cm³/mol. The van der Waals surface area contributed by atoms with Gasteiger partial charge in [0.1, 0.15) is 12.4 Å². The van der Waals surface area contributed by atoms with Gasteiger partial charge in [0.15, 0.2) is 0 Å². The molecule has 0 radical (unpaired) electrons. The molecule has 2 N–H and O–H groups in total. The number of hydrogen-bond donors (Lipinski definition) is 2. The number of carbonyl (C=O) groups is 1. The molecule has 1 saturated heterocycles. The van der Waals surface area contributed by atoms with E-state index in [1.54, 1.807) is 0 Å². The van der Waals surface area contributed by atoms with Crippen LogP contribution in [0.2, 0.25) is 0 Å². The van der Waals surface area contributed by atoms with Crippen LogP contribution < -0.4 is 14.8 Å². The lowest BCUT2D eigenvalue weighted by molar-refractivity contribution is 0.0679. The smallest absolute Gasteiger partial charge is 0.251 e. The second-order valence-electron chi connectivity index (χ2n) is 7.19. The number of hydrogen-bond acceptors (Lipinski definition) is 6. The van der Waals surface area contributed by atoms with Crippen LogP contribution in [-0.2, 0) is 26.0 Å². The summed E-state index contributed by atoms with van der Waals surface area (Å²) in [6.45, 7) is 2.16. The van der Waals surface area contributed by atoms with Crippen LogP contribution in [-0.4, -0.2) is 53.9 Å². The lowest BCUT2D eigenvalue weighted by Crippen LogP contribution is -2.27. The molecular formula is C22H28N2O6S. The largest absolute Gasteiger partial charge is 0.491 e. The number of ether oxygens (including phenoxy) is 3. The fraction of sp³-hybridized carbons (Fsp3) is 0.409. The minimum Gasteiger partial charge on any atom is -0.491 e. The summed E-state index contributed by atoms with van der Waals surface area (Å²) in [6, 6.07) is 13.3. The molecule has 9 heteroatoms. The summed E-state index contributed by atoms with van der Waals surface area (Å²) in [5.41, 5.74) is 1.31. The van der Waals surface area contributed by atoms with E-state index in [4.69, 9.17) is 14.2 Å². The van der Waals surface area contributed by atoms with Gasteiger partial charge in [0.25, 0.3) is 5.91 Å². The number of sulfonamides is 1. The van der Waals surface area contributed by atoms with Crippen molar-refractivity contribution in [1.82, 2.24) is 10.0 Å². The van der Waals surface area contributed by atoms with Crippen LogP contribution in [0.4, 0.5) is 0 Å². The molecular weight excluding hydrogens is 420 g/mol. The van der Waals surface area contributed by atoms with Gasteiger partial charge < -0.3 is 19.5 Å². The summed E-state index contributed by atoms with van der Waals surface area (Å²) in [4.78, 5) is 12.5. The number of benzene rings is 2. The van der Waals surface area contributed by atoms with Gasteiger partial charge in [-0.2, -0.15) is 0 Å². The number of carbonyl (C=O) groups excluding carboxylic acids is 1. The first kappa shape index (κ1) is 23.2. The van der Waals surface area contributed by atoms with Gasteiger partial charge in [0, 0.05) is 32.4 Å². The normalized spacial score (nSPS) is 16.2. The quantitative estimate of drug-likeness (QED) is 0.511. The Hall–Kier alpha value is -2.46. The summed E-state index contributed by atoms with van der Waals surface area (Å²) in [7, 11) is -2.13. The molecule has 1 fully saturated rings. The predicted octanol–water partition coefficient (Wildman–Crippen LogP) is 2.10. The maximum atomic E-state index is 12.4. The van der Waals surface area contributed by atoms with Gasteiger partial charge in [-0.3, -0.25) is 4.79 Å². The first-order valence-corrected chi connectivity index (χ1v) is 11.7. The average molecular weight is 449 g/mol. The maximum Gasteiger partial charge on any atom is 0.251 e. The van der Waals surface area contributed by atoms with Crippen molar-refractivity contribution in [3.8, 4) is 5.75 Å². The van der Waals surface area contributed by atoms with Crippen molar-refractivity contribution in [2.24, 2.45) is 0 Å². The third-order valence-electron chi connectivity index (χ3n) is 4.86. The first-order chi connectivity index (χ1) is 15.0. The summed E-state index contributed by atoms with van der Waals surface area (Å²) < 4.78 is 42.9. The van der Waals surface area contributed by atoms with Crippen LogP contribution >= 0.6 is 0 Å². The van der Waals surface area contributed by atoms with E-state index in [2.05, 4.69) is 10.0 Å². The van der Waals surface area contributed by atoms with Crippen LogP contribution in [0.25, 0.3) is 0 Å². The van der Waals surface area contributed by atoms with Crippen LogP contribution in [0.5, 0.6) is 5.75 Å². The molecule has 2 aromatic rings. The highest BCUT2D eigenvalue weighted by Gasteiger charge is 2.16. The molecule has 1 heterocycles. The molecule has 0 bridgehead atoms. The molecule has 0 aromatic heterocycles. The van der Waals surface area contributed by atoms with Crippen molar-refractivity contribution in [2.75, 3.05) is 33.5 Å². The van der Waals surface area contributed by atoms with Crippen LogP contribution in [0.3, 0.4) is 0 Å². The maximum absolute atomic E-state index is 12.4. The standard InChI is InChI=1S/C22H28N2O6S/c1-28-14-12-24-31(26,27)21-10-6-18(7-11-21)22(25)23-15-17-4-8-19(9-5-17)30-16-20-3-2-13-29-20/h4-11,20,24H,2-3,12-16H2,1H3,(H,23,25). The minimum atomic E-state index is -3.63. The van der Waals surface area contributed by atoms with Crippen molar-refractivity contribution < 1.29 is 27.4 Å². The van der Waals surface area contributed by atoms with Crippen LogP contribution in [0, 0.1) is 0 Å². The number of amides is 1. The zero-order valence-corrected chi connectivity index (χ0v) is 18.3. The monoisotopic (exact) mass is 448 g/mol. The van der Waals surface area contributed by atoms with E-state index < -0.39 is 10.0 Å². The topological polar surface area (TPSA) is 103 Å². The molecule has 1 atom stereocenters. The van der Waals surface area contributed by atoms with E-state index in [1.807, 2.05) is 24.3 Å². The molecule has 2 aromatic carbocycles. The Labute approximate surface area is 182 Å². The molecule has 1 aliphatic rings. The van der Waals surface area contributed by atoms with Gasteiger partial charge in [-0.25, -0.2) is 13.1 Å². The Kier molecular flexibility index (Phi) is 8.42. The van der Waals surface area contributed by atoms with E-state index in [9.17, 15) is 13.2 Å². The van der Waals surface area contributed by atoms with Crippen molar-refractivity contribution in [1.29, 1.82) is 0 Å². The number of nitrogens with one attached hydrogen (secondary N) is 2. The van der Waals surface area contributed by atoms with E-state index >= 15 is 0 Å². The number of methoxy groups -OCH3 is 1. The third kappa shape index (κ3) is 7.03. The van der Waals surface area contributed by atoms with E-state index in [-0.39, 0.29) is 30.1 Å². The molecule has 1 amide bonds. The van der Waals surface area contributed by atoms with Crippen molar-refractivity contribution >= 4 is 15.9 Å². The first-order valence-electron chi connectivity index (χ1n) is 10.2. The van der Waals surface area contributed by atoms with Gasteiger partial charge in [-0.05, 0) is 54.8 Å². The Bertz CT molecular complexity index is 939. The molecule has 168 valence electrons. The van der Waals surface area contributed by atoms with Gasteiger partial charge >= 0.3 is 0 Å². The van der Waals surface area contributed by atoms with Gasteiger partial charge in [0.05, 0.1) is 17.6 Å². The van der Waals surface area contributed by atoms with E-state index in [0.717, 1.165) is 30.8 Å². The van der Waals surface area contributed by atoms with E-state index in [0.29, 0.717) is 18.7 Å². The highest BCUT2D eigenvalue weighted by Crippen LogP contribution is 2.17. The second kappa shape index (κ2) is 11.2. The third-order valence-corrected chi connectivity index (χ3v) is 6.34.